The van der Waals surface area contributed by atoms with Crippen molar-refractivity contribution in [2.45, 2.75) is 33.6 Å². The van der Waals surface area contributed by atoms with Gasteiger partial charge in [0.2, 0.25) is 0 Å². The van der Waals surface area contributed by atoms with Crippen LogP contribution in [-0.4, -0.2) is 30.1 Å². The first-order chi connectivity index (χ1) is 9.40. The summed E-state index contributed by atoms with van der Waals surface area (Å²) in [6.07, 6.45) is 0.473. The Kier molecular flexibility index (Phi) is 6.03. The quantitative estimate of drug-likeness (QED) is 0.748. The lowest BCUT2D eigenvalue weighted by atomic mass is 10.1. The van der Waals surface area contributed by atoms with Gasteiger partial charge in [-0.2, -0.15) is 0 Å². The van der Waals surface area contributed by atoms with E-state index < -0.39 is 5.97 Å². The van der Waals surface area contributed by atoms with Crippen molar-refractivity contribution in [1.82, 2.24) is 5.32 Å². The second-order valence-corrected chi connectivity index (χ2v) is 4.86. The highest BCUT2D eigenvalue weighted by Gasteiger charge is 2.08. The van der Waals surface area contributed by atoms with E-state index in [1.165, 1.54) is 0 Å². The van der Waals surface area contributed by atoms with Gasteiger partial charge in [0.25, 0.3) is 5.91 Å². The number of amides is 1. The van der Waals surface area contributed by atoms with Crippen LogP contribution in [-0.2, 0) is 9.59 Å². The molecule has 0 saturated carbocycles. The molecule has 0 aliphatic heterocycles. The van der Waals surface area contributed by atoms with Crippen LogP contribution in [0.3, 0.4) is 0 Å². The van der Waals surface area contributed by atoms with E-state index in [1.54, 1.807) is 0 Å². The molecular weight excluding hydrogens is 258 g/mol. The number of carboxylic acids is 1. The van der Waals surface area contributed by atoms with E-state index in [0.717, 1.165) is 22.4 Å². The Bertz CT molecular complexity index is 474. The maximum absolute atomic E-state index is 11.6. The highest BCUT2D eigenvalue weighted by atomic mass is 16.5. The molecule has 2 N–H and O–H groups in total. The number of nitrogens with one attached hydrogen (secondary N) is 1. The number of aryl methyl sites for hydroxylation is 3. The maximum atomic E-state index is 11.6. The predicted octanol–water partition coefficient (Wildman–Crippen LogP) is 1.97. The third-order valence-corrected chi connectivity index (χ3v) is 2.84. The number of rotatable bonds is 7. The van der Waals surface area contributed by atoms with Crippen molar-refractivity contribution in [2.24, 2.45) is 0 Å². The van der Waals surface area contributed by atoms with Crippen molar-refractivity contribution in [3.8, 4) is 5.75 Å². The number of ether oxygens (including phenoxy) is 1. The summed E-state index contributed by atoms with van der Waals surface area (Å²) in [4.78, 5) is 21.9. The van der Waals surface area contributed by atoms with E-state index in [0.29, 0.717) is 13.0 Å². The largest absolute Gasteiger partial charge is 0.483 e. The Morgan fingerprint density at radius 2 is 1.80 bits per heavy atom. The molecule has 110 valence electrons. The van der Waals surface area contributed by atoms with Crippen LogP contribution in [0.15, 0.2) is 12.1 Å². The molecule has 0 radical (unpaired) electrons. The first-order valence-corrected chi connectivity index (χ1v) is 6.59. The molecule has 5 nitrogen and oxygen atoms in total. The van der Waals surface area contributed by atoms with Crippen LogP contribution in [0.1, 0.15) is 29.5 Å². The minimum Gasteiger partial charge on any atom is -0.483 e. The predicted molar refractivity (Wildman–Crippen MR) is 76.0 cm³/mol. The fourth-order valence-corrected chi connectivity index (χ4v) is 2.05. The molecular formula is C15H21NO4. The summed E-state index contributed by atoms with van der Waals surface area (Å²) in [6, 6.07) is 4.01. The van der Waals surface area contributed by atoms with Crippen LogP contribution >= 0.6 is 0 Å². The van der Waals surface area contributed by atoms with Crippen LogP contribution in [0.2, 0.25) is 0 Å². The van der Waals surface area contributed by atoms with Crippen molar-refractivity contribution in [3.63, 3.8) is 0 Å². The highest BCUT2D eigenvalue weighted by molar-refractivity contribution is 5.77. The molecule has 0 fully saturated rings. The van der Waals surface area contributed by atoms with Gasteiger partial charge in [0, 0.05) is 13.0 Å². The molecule has 1 rings (SSSR count). The number of hydrogen-bond acceptors (Lipinski definition) is 3. The summed E-state index contributed by atoms with van der Waals surface area (Å²) < 4.78 is 5.53. The summed E-state index contributed by atoms with van der Waals surface area (Å²) in [5, 5.41) is 11.1. The molecule has 0 aromatic heterocycles. The third kappa shape index (κ3) is 5.30. The van der Waals surface area contributed by atoms with Gasteiger partial charge in [-0.3, -0.25) is 9.59 Å². The minimum atomic E-state index is -0.860. The molecule has 20 heavy (non-hydrogen) atoms. The van der Waals surface area contributed by atoms with E-state index >= 15 is 0 Å². The zero-order valence-electron chi connectivity index (χ0n) is 12.2. The van der Waals surface area contributed by atoms with E-state index in [-0.39, 0.29) is 18.9 Å². The van der Waals surface area contributed by atoms with Crippen LogP contribution in [0.4, 0.5) is 0 Å². The van der Waals surface area contributed by atoms with Crippen molar-refractivity contribution in [3.05, 3.63) is 28.8 Å². The van der Waals surface area contributed by atoms with E-state index in [1.807, 2.05) is 32.9 Å². The molecule has 0 spiro atoms. The Hall–Kier alpha value is -2.04. The molecule has 1 amide bonds. The highest BCUT2D eigenvalue weighted by Crippen LogP contribution is 2.24. The number of benzene rings is 1. The van der Waals surface area contributed by atoms with Gasteiger partial charge in [-0.15, -0.1) is 0 Å². The average Bonchev–Trinajstić information content (AvgIpc) is 2.33. The van der Waals surface area contributed by atoms with E-state index in [9.17, 15) is 9.59 Å². The number of carboxylic acid groups (broad SMARTS) is 1. The molecule has 0 bridgehead atoms. The lowest BCUT2D eigenvalue weighted by molar-refractivity contribution is -0.137. The molecule has 0 unspecified atom stereocenters. The molecule has 5 heteroatoms. The molecule has 0 aliphatic rings. The lowest BCUT2D eigenvalue weighted by Gasteiger charge is -2.13. The number of carbonyl (C=O) groups is 2. The topological polar surface area (TPSA) is 75.6 Å². The van der Waals surface area contributed by atoms with Gasteiger partial charge in [0.1, 0.15) is 5.75 Å². The van der Waals surface area contributed by atoms with Crippen molar-refractivity contribution < 1.29 is 19.4 Å². The fourth-order valence-electron chi connectivity index (χ4n) is 2.05. The number of carbonyl (C=O) groups excluding carboxylic acids is 1. The smallest absolute Gasteiger partial charge is 0.303 e. The number of hydrogen-bond donors (Lipinski definition) is 2. The van der Waals surface area contributed by atoms with Crippen LogP contribution in [0, 0.1) is 20.8 Å². The molecule has 1 aromatic rings. The molecule has 0 heterocycles. The third-order valence-electron chi connectivity index (χ3n) is 2.84. The molecule has 0 atom stereocenters. The van der Waals surface area contributed by atoms with Gasteiger partial charge in [0.05, 0.1) is 0 Å². The Morgan fingerprint density at radius 3 is 2.35 bits per heavy atom. The Labute approximate surface area is 118 Å². The van der Waals surface area contributed by atoms with Crippen LogP contribution in [0.5, 0.6) is 5.75 Å². The summed E-state index contributed by atoms with van der Waals surface area (Å²) in [7, 11) is 0. The second-order valence-electron chi connectivity index (χ2n) is 4.86. The van der Waals surface area contributed by atoms with Gasteiger partial charge >= 0.3 is 5.97 Å². The van der Waals surface area contributed by atoms with E-state index in [4.69, 9.17) is 9.84 Å². The number of aliphatic carboxylic acids is 1. The van der Waals surface area contributed by atoms with Gasteiger partial charge in [0.15, 0.2) is 6.61 Å². The van der Waals surface area contributed by atoms with Gasteiger partial charge in [-0.1, -0.05) is 17.7 Å². The van der Waals surface area contributed by atoms with Crippen LogP contribution in [0.25, 0.3) is 0 Å². The van der Waals surface area contributed by atoms with E-state index in [2.05, 4.69) is 5.32 Å². The first kappa shape index (κ1) is 16.0. The van der Waals surface area contributed by atoms with Gasteiger partial charge in [-0.05, 0) is 38.3 Å². The lowest BCUT2D eigenvalue weighted by Crippen LogP contribution is -2.30. The summed E-state index contributed by atoms with van der Waals surface area (Å²) >= 11 is 0. The molecule has 0 aliphatic carbocycles. The summed E-state index contributed by atoms with van der Waals surface area (Å²) in [5.74, 6) is -0.368. The minimum absolute atomic E-state index is 0.0529. The average molecular weight is 279 g/mol. The summed E-state index contributed by atoms with van der Waals surface area (Å²) in [6.45, 7) is 6.19. The standard InChI is InChI=1S/C15H21NO4/c1-10-7-11(2)15(12(3)8-10)20-9-13(17)16-6-4-5-14(18)19/h7-8H,4-6,9H2,1-3H3,(H,16,17)(H,18,19). The summed E-state index contributed by atoms with van der Waals surface area (Å²) in [5.41, 5.74) is 3.16. The zero-order chi connectivity index (χ0) is 15.1. The van der Waals surface area contributed by atoms with Gasteiger partial charge < -0.3 is 15.2 Å². The van der Waals surface area contributed by atoms with Crippen molar-refractivity contribution in [2.75, 3.05) is 13.2 Å². The zero-order valence-corrected chi connectivity index (χ0v) is 12.2. The van der Waals surface area contributed by atoms with Crippen molar-refractivity contribution >= 4 is 11.9 Å². The Morgan fingerprint density at radius 1 is 1.20 bits per heavy atom. The SMILES string of the molecule is Cc1cc(C)c(OCC(=O)NCCCC(=O)O)c(C)c1. The normalized spacial score (nSPS) is 10.2. The van der Waals surface area contributed by atoms with Crippen LogP contribution < -0.4 is 10.1 Å². The molecule has 1 aromatic carbocycles. The van der Waals surface area contributed by atoms with Gasteiger partial charge in [-0.25, -0.2) is 0 Å². The fraction of sp³-hybridized carbons (Fsp3) is 0.467. The Balaban J connectivity index is 2.40. The monoisotopic (exact) mass is 279 g/mol. The molecule has 0 saturated heterocycles. The maximum Gasteiger partial charge on any atom is 0.303 e. The van der Waals surface area contributed by atoms with Crippen molar-refractivity contribution in [1.29, 1.82) is 0 Å². The second kappa shape index (κ2) is 7.53. The first-order valence-electron chi connectivity index (χ1n) is 6.59.